The average molecular weight is 523 g/mol. The first kappa shape index (κ1) is 26.5. The highest BCUT2D eigenvalue weighted by atomic mass is 19.2. The van der Waals surface area contributed by atoms with E-state index in [-0.39, 0.29) is 17.0 Å². The van der Waals surface area contributed by atoms with E-state index in [1.165, 1.54) is 43.9 Å². The second-order valence-corrected chi connectivity index (χ2v) is 11.0. The van der Waals surface area contributed by atoms with E-state index in [4.69, 9.17) is 0 Å². The summed E-state index contributed by atoms with van der Waals surface area (Å²) in [6.07, 6.45) is 13.5. The smallest absolute Gasteiger partial charge is 0.200 e. The monoisotopic (exact) mass is 522 g/mol. The zero-order chi connectivity index (χ0) is 26.8. The van der Waals surface area contributed by atoms with Crippen molar-refractivity contribution in [3.63, 3.8) is 0 Å². The highest BCUT2D eigenvalue weighted by Crippen LogP contribution is 2.45. The van der Waals surface area contributed by atoms with Gasteiger partial charge in [-0.25, -0.2) is 13.2 Å². The highest BCUT2D eigenvalue weighted by molar-refractivity contribution is 5.71. The molecule has 0 bridgehead atoms. The lowest BCUT2D eigenvalue weighted by Crippen LogP contribution is -2.25. The molecule has 2 fully saturated rings. The van der Waals surface area contributed by atoms with E-state index < -0.39 is 29.0 Å². The summed E-state index contributed by atoms with van der Waals surface area (Å²) in [6.45, 7) is 2.09. The Morgan fingerprint density at radius 1 is 0.605 bits per heavy atom. The van der Waals surface area contributed by atoms with Gasteiger partial charge in [-0.15, -0.1) is 0 Å². The Balaban J connectivity index is 1.26. The Kier molecular flexibility index (Phi) is 7.92. The molecule has 0 aromatic heterocycles. The lowest BCUT2D eigenvalue weighted by molar-refractivity contribution is 0.170. The molecule has 1 nitrogen and oxygen atoms in total. The minimum absolute atomic E-state index is 0.0182. The molecule has 3 aromatic carbocycles. The van der Waals surface area contributed by atoms with Crippen molar-refractivity contribution in [1.29, 1.82) is 0 Å². The first-order chi connectivity index (χ1) is 18.4. The third-order valence-corrected chi connectivity index (χ3v) is 8.84. The van der Waals surface area contributed by atoms with E-state index in [1.807, 2.05) is 0 Å². The molecule has 3 aromatic rings. The van der Waals surface area contributed by atoms with Crippen LogP contribution in [-0.2, 0) is 0 Å². The molecule has 2 aliphatic rings. The van der Waals surface area contributed by atoms with Crippen molar-refractivity contribution in [2.45, 2.75) is 64.2 Å². The first-order valence-corrected chi connectivity index (χ1v) is 13.8. The van der Waals surface area contributed by atoms with Gasteiger partial charge in [0.2, 0.25) is 5.82 Å². The summed E-state index contributed by atoms with van der Waals surface area (Å²) in [7, 11) is 0. The number of benzene rings is 3. The van der Waals surface area contributed by atoms with Crippen molar-refractivity contribution in [1.82, 2.24) is 0 Å². The van der Waals surface area contributed by atoms with E-state index in [9.17, 15) is 13.9 Å². The number of rotatable bonds is 5. The molecule has 0 unspecified atom stereocenters. The quantitative estimate of drug-likeness (QED) is 0.261. The summed E-state index contributed by atoms with van der Waals surface area (Å²) in [5, 5.41) is 9.34. The summed E-state index contributed by atoms with van der Waals surface area (Å²) in [6, 6.07) is 11.9. The van der Waals surface area contributed by atoms with Crippen LogP contribution in [0.2, 0.25) is 0 Å². The molecule has 0 spiro atoms. The Bertz CT molecular complexity index is 1300. The number of aromatic hydroxyl groups is 1. The van der Waals surface area contributed by atoms with E-state index >= 15 is 8.78 Å². The van der Waals surface area contributed by atoms with Crippen LogP contribution in [-0.4, -0.2) is 5.11 Å². The van der Waals surface area contributed by atoms with Crippen LogP contribution >= 0.6 is 0 Å². The van der Waals surface area contributed by atoms with Crippen molar-refractivity contribution < 1.29 is 22.7 Å². The summed E-state index contributed by atoms with van der Waals surface area (Å²) in [5.41, 5.74) is 1.40. The Labute approximate surface area is 222 Å². The fraction of sp³-hybridized carbons (Fsp3) is 0.394. The number of phenols is 1. The van der Waals surface area contributed by atoms with Gasteiger partial charge in [0, 0.05) is 11.1 Å². The number of phenolic OH excluding ortho intramolecular Hbond substituents is 1. The molecule has 0 saturated heterocycles. The molecular formula is C33H34F4O. The maximum Gasteiger partial charge on any atom is 0.200 e. The fourth-order valence-corrected chi connectivity index (χ4v) is 6.68. The van der Waals surface area contributed by atoms with Gasteiger partial charge in [-0.3, -0.25) is 0 Å². The molecule has 0 amide bonds. The van der Waals surface area contributed by atoms with E-state index in [2.05, 4.69) is 19.1 Å². The van der Waals surface area contributed by atoms with Gasteiger partial charge in [0.05, 0.1) is 0 Å². The molecule has 5 rings (SSSR count). The van der Waals surface area contributed by atoms with Gasteiger partial charge in [0.15, 0.2) is 23.2 Å². The van der Waals surface area contributed by atoms with Crippen LogP contribution in [0.25, 0.3) is 22.3 Å². The number of allylic oxidation sites excluding steroid dienone is 2. The van der Waals surface area contributed by atoms with Crippen LogP contribution < -0.4 is 0 Å². The van der Waals surface area contributed by atoms with E-state index in [0.717, 1.165) is 43.6 Å². The predicted molar refractivity (Wildman–Crippen MR) is 144 cm³/mol. The zero-order valence-corrected chi connectivity index (χ0v) is 21.7. The third kappa shape index (κ3) is 5.25. The molecule has 38 heavy (non-hydrogen) atoms. The van der Waals surface area contributed by atoms with Gasteiger partial charge in [0.1, 0.15) is 0 Å². The topological polar surface area (TPSA) is 20.2 Å². The van der Waals surface area contributed by atoms with Crippen molar-refractivity contribution >= 4 is 0 Å². The van der Waals surface area contributed by atoms with Gasteiger partial charge in [-0.05, 0) is 111 Å². The Morgan fingerprint density at radius 2 is 1.11 bits per heavy atom. The lowest BCUT2D eigenvalue weighted by Gasteiger charge is -2.37. The van der Waals surface area contributed by atoms with Crippen LogP contribution in [0.5, 0.6) is 5.75 Å². The van der Waals surface area contributed by atoms with Crippen LogP contribution in [0.4, 0.5) is 17.6 Å². The number of hydrogen-bond donors (Lipinski definition) is 1. The third-order valence-electron chi connectivity index (χ3n) is 8.84. The molecule has 200 valence electrons. The molecule has 0 radical (unpaired) electrons. The van der Waals surface area contributed by atoms with Crippen LogP contribution in [0.1, 0.15) is 69.8 Å². The summed E-state index contributed by atoms with van der Waals surface area (Å²) >= 11 is 0. The highest BCUT2D eigenvalue weighted by Gasteiger charge is 2.32. The molecule has 2 aliphatic carbocycles. The molecule has 0 atom stereocenters. The SMILES string of the molecule is C/C=C/C1CCC(C2CCC(c3ccc(-c4ccc(-c5ccc(O)c(F)c5F)cc4)c(F)c3F)CC2)CC1. The number of halogens is 4. The standard InChI is InChI=1S/C33H34F4O/c1-2-3-20-4-6-21(7-5-20)22-8-10-23(11-9-22)26-16-17-27(31(35)30(26)34)24-12-14-25(15-13-24)28-18-19-29(38)33(37)32(28)36/h2-3,12-23,38H,4-11H2,1H3/b3-2+. The van der Waals surface area contributed by atoms with Gasteiger partial charge in [-0.1, -0.05) is 48.6 Å². The molecule has 0 aliphatic heterocycles. The van der Waals surface area contributed by atoms with Crippen LogP contribution in [0, 0.1) is 41.0 Å². The summed E-state index contributed by atoms with van der Waals surface area (Å²) in [5.74, 6) is -2.70. The van der Waals surface area contributed by atoms with Crippen molar-refractivity contribution in [3.05, 3.63) is 89.5 Å². The lowest BCUT2D eigenvalue weighted by atomic mass is 9.68. The second-order valence-electron chi connectivity index (χ2n) is 11.0. The normalized spacial score (nSPS) is 24.1. The van der Waals surface area contributed by atoms with Crippen molar-refractivity contribution in [3.8, 4) is 28.0 Å². The van der Waals surface area contributed by atoms with E-state index in [0.29, 0.717) is 22.6 Å². The van der Waals surface area contributed by atoms with Crippen molar-refractivity contribution in [2.75, 3.05) is 0 Å². The average Bonchev–Trinajstić information content (AvgIpc) is 2.94. The Morgan fingerprint density at radius 3 is 1.66 bits per heavy atom. The molecule has 1 N–H and O–H groups in total. The molecule has 0 heterocycles. The summed E-state index contributed by atoms with van der Waals surface area (Å²) < 4.78 is 58.5. The van der Waals surface area contributed by atoms with Gasteiger partial charge in [-0.2, -0.15) is 4.39 Å². The summed E-state index contributed by atoms with van der Waals surface area (Å²) in [4.78, 5) is 0. The molecule has 5 heteroatoms. The molecule has 2 saturated carbocycles. The van der Waals surface area contributed by atoms with Crippen LogP contribution in [0.15, 0.2) is 60.7 Å². The van der Waals surface area contributed by atoms with Crippen LogP contribution in [0.3, 0.4) is 0 Å². The Hall–Kier alpha value is -3.08. The minimum Gasteiger partial charge on any atom is -0.505 e. The second kappa shape index (κ2) is 11.3. The molecular weight excluding hydrogens is 488 g/mol. The van der Waals surface area contributed by atoms with E-state index in [1.54, 1.807) is 24.3 Å². The largest absolute Gasteiger partial charge is 0.505 e. The predicted octanol–water partition coefficient (Wildman–Crippen LogP) is 9.94. The first-order valence-electron chi connectivity index (χ1n) is 13.8. The minimum atomic E-state index is -1.32. The van der Waals surface area contributed by atoms with Crippen molar-refractivity contribution in [2.24, 2.45) is 17.8 Å². The maximum absolute atomic E-state index is 15.3. The fourth-order valence-electron chi connectivity index (χ4n) is 6.68. The maximum atomic E-state index is 15.3. The zero-order valence-electron chi connectivity index (χ0n) is 21.7. The van der Waals surface area contributed by atoms with Gasteiger partial charge >= 0.3 is 0 Å². The number of hydrogen-bond acceptors (Lipinski definition) is 1. The van der Waals surface area contributed by atoms with Gasteiger partial charge < -0.3 is 5.11 Å². The van der Waals surface area contributed by atoms with Gasteiger partial charge in [0.25, 0.3) is 0 Å².